The van der Waals surface area contributed by atoms with Crippen molar-refractivity contribution in [2.24, 2.45) is 0 Å². The van der Waals surface area contributed by atoms with Gasteiger partial charge in [-0.1, -0.05) is 122 Å². The van der Waals surface area contributed by atoms with Crippen molar-refractivity contribution >= 4 is 5.97 Å². The molecule has 9 heteroatoms. The minimum Gasteiger partial charge on any atom is -0.457 e. The van der Waals surface area contributed by atoms with Crippen molar-refractivity contribution in [1.29, 1.82) is 0 Å². The van der Waals surface area contributed by atoms with Gasteiger partial charge in [-0.25, -0.2) is 0 Å². The Bertz CT molecular complexity index is 717. The molecule has 0 spiro atoms. The summed E-state index contributed by atoms with van der Waals surface area (Å²) in [7, 11) is 0. The van der Waals surface area contributed by atoms with Crippen molar-refractivity contribution in [3.05, 3.63) is 12.2 Å². The van der Waals surface area contributed by atoms with E-state index in [4.69, 9.17) is 18.9 Å². The van der Waals surface area contributed by atoms with Crippen molar-refractivity contribution in [2.75, 3.05) is 26.4 Å². The van der Waals surface area contributed by atoms with Gasteiger partial charge >= 0.3 is 5.97 Å². The van der Waals surface area contributed by atoms with Gasteiger partial charge in [0.05, 0.1) is 19.8 Å². The zero-order valence-corrected chi connectivity index (χ0v) is 29.3. The van der Waals surface area contributed by atoms with Crippen LogP contribution < -0.4 is 0 Å². The number of allylic oxidation sites excluding steroid dienone is 2. The van der Waals surface area contributed by atoms with E-state index in [0.29, 0.717) is 13.0 Å². The smallest absolute Gasteiger partial charge is 0.306 e. The molecule has 0 aliphatic carbocycles. The van der Waals surface area contributed by atoms with Gasteiger partial charge in [-0.3, -0.25) is 4.79 Å². The minimum absolute atomic E-state index is 0.113. The fourth-order valence-electron chi connectivity index (χ4n) is 5.66. The van der Waals surface area contributed by atoms with Crippen molar-refractivity contribution in [2.45, 2.75) is 192 Å². The summed E-state index contributed by atoms with van der Waals surface area (Å²) in [6.07, 6.45) is 22.7. The van der Waals surface area contributed by atoms with E-state index in [1.54, 1.807) is 0 Å². The highest BCUT2D eigenvalue weighted by Crippen LogP contribution is 2.22. The second-order valence-electron chi connectivity index (χ2n) is 13.0. The molecule has 4 N–H and O–H groups in total. The average molecular weight is 659 g/mol. The fraction of sp³-hybridized carbons (Fsp3) is 0.919. The largest absolute Gasteiger partial charge is 0.457 e. The first kappa shape index (κ1) is 43.0. The number of ether oxygens (including phenoxy) is 4. The summed E-state index contributed by atoms with van der Waals surface area (Å²) in [4.78, 5) is 12.5. The molecule has 1 saturated heterocycles. The maximum Gasteiger partial charge on any atom is 0.306 e. The van der Waals surface area contributed by atoms with Gasteiger partial charge in [-0.2, -0.15) is 0 Å². The van der Waals surface area contributed by atoms with Gasteiger partial charge in [0.2, 0.25) is 0 Å². The zero-order valence-electron chi connectivity index (χ0n) is 29.3. The standard InChI is InChI=1S/C37H70O9/c1-3-5-7-9-11-12-13-14-15-16-17-18-19-20-21-23-25-27-43-29-31(45-33(39)26-24-22-10-8-6-4-2)30-44-37-36(42)35(41)34(40)32(28-38)46-37/h15-16,31-32,34-38,40-42H,3-14,17-30H2,1-2H3/b16-15-. The molecule has 6 atom stereocenters. The van der Waals surface area contributed by atoms with Crippen LogP contribution in [0.4, 0.5) is 0 Å². The molecule has 46 heavy (non-hydrogen) atoms. The lowest BCUT2D eigenvalue weighted by Crippen LogP contribution is -2.59. The van der Waals surface area contributed by atoms with Gasteiger partial charge in [0.1, 0.15) is 30.5 Å². The third-order valence-electron chi connectivity index (χ3n) is 8.68. The molecule has 0 amide bonds. The molecule has 0 saturated carbocycles. The van der Waals surface area contributed by atoms with Gasteiger partial charge < -0.3 is 39.4 Å². The number of hydrogen-bond donors (Lipinski definition) is 4. The molecule has 0 aromatic carbocycles. The molecular formula is C37H70O9. The SMILES string of the molecule is CCCCCCCCC/C=C\CCCCCCCCOCC(COC1OC(CO)C(O)C(O)C1O)OC(=O)CCCCCCCC. The van der Waals surface area contributed by atoms with E-state index in [1.807, 2.05) is 0 Å². The summed E-state index contributed by atoms with van der Waals surface area (Å²) in [5, 5.41) is 39.8. The van der Waals surface area contributed by atoms with Crippen LogP contribution in [0.2, 0.25) is 0 Å². The summed E-state index contributed by atoms with van der Waals surface area (Å²) in [5.74, 6) is -0.325. The van der Waals surface area contributed by atoms with Crippen molar-refractivity contribution in [1.82, 2.24) is 0 Å². The Morgan fingerprint density at radius 2 is 1.20 bits per heavy atom. The predicted octanol–water partition coefficient (Wildman–Crippen LogP) is 6.91. The third kappa shape index (κ3) is 21.7. The van der Waals surface area contributed by atoms with Gasteiger partial charge in [-0.05, 0) is 38.5 Å². The van der Waals surface area contributed by atoms with E-state index in [1.165, 1.54) is 103 Å². The van der Waals surface area contributed by atoms with E-state index in [9.17, 15) is 25.2 Å². The number of carbonyl (C=O) groups excluding carboxylic acids is 1. The third-order valence-corrected chi connectivity index (χ3v) is 8.68. The van der Waals surface area contributed by atoms with Crippen molar-refractivity contribution in [3.63, 3.8) is 0 Å². The highest BCUT2D eigenvalue weighted by molar-refractivity contribution is 5.69. The number of hydrogen-bond acceptors (Lipinski definition) is 9. The van der Waals surface area contributed by atoms with Crippen LogP contribution in [0.5, 0.6) is 0 Å². The summed E-state index contributed by atoms with van der Waals surface area (Å²) in [6, 6.07) is 0. The molecule has 9 nitrogen and oxygen atoms in total. The topological polar surface area (TPSA) is 135 Å². The highest BCUT2D eigenvalue weighted by atomic mass is 16.7. The second kappa shape index (κ2) is 30.0. The molecule has 1 aliphatic heterocycles. The van der Waals surface area contributed by atoms with E-state index in [-0.39, 0.29) is 19.2 Å². The normalized spacial score (nSPS) is 22.4. The van der Waals surface area contributed by atoms with E-state index in [2.05, 4.69) is 26.0 Å². The summed E-state index contributed by atoms with van der Waals surface area (Å²) in [5.41, 5.74) is 0. The maximum atomic E-state index is 12.5. The second-order valence-corrected chi connectivity index (χ2v) is 13.0. The van der Waals surface area contributed by atoms with Crippen LogP contribution in [-0.4, -0.2) is 89.6 Å². The first-order valence-electron chi connectivity index (χ1n) is 18.8. The number of carbonyl (C=O) groups is 1. The Morgan fingerprint density at radius 1 is 0.674 bits per heavy atom. The quantitative estimate of drug-likeness (QED) is 0.0356. The van der Waals surface area contributed by atoms with Crippen LogP contribution in [0.3, 0.4) is 0 Å². The highest BCUT2D eigenvalue weighted by Gasteiger charge is 2.44. The molecule has 0 radical (unpaired) electrons. The molecule has 1 aliphatic rings. The van der Waals surface area contributed by atoms with Crippen LogP contribution in [0, 0.1) is 0 Å². The number of unbranched alkanes of at least 4 members (excludes halogenated alkanes) is 18. The van der Waals surface area contributed by atoms with Gasteiger partial charge in [-0.15, -0.1) is 0 Å². The molecule has 1 heterocycles. The van der Waals surface area contributed by atoms with Gasteiger partial charge in [0, 0.05) is 13.0 Å². The first-order chi connectivity index (χ1) is 22.4. The van der Waals surface area contributed by atoms with Crippen LogP contribution in [0.1, 0.15) is 155 Å². The van der Waals surface area contributed by atoms with Crippen molar-refractivity contribution in [3.8, 4) is 0 Å². The Morgan fingerprint density at radius 3 is 1.76 bits per heavy atom. The number of aliphatic hydroxyl groups excluding tert-OH is 4. The Kier molecular flexibility index (Phi) is 28.0. The van der Waals surface area contributed by atoms with Gasteiger partial charge in [0.25, 0.3) is 0 Å². The monoisotopic (exact) mass is 659 g/mol. The summed E-state index contributed by atoms with van der Waals surface area (Å²) < 4.78 is 22.6. The zero-order chi connectivity index (χ0) is 33.7. The molecule has 272 valence electrons. The lowest BCUT2D eigenvalue weighted by atomic mass is 9.99. The summed E-state index contributed by atoms with van der Waals surface area (Å²) >= 11 is 0. The Balaban J connectivity index is 2.25. The molecule has 1 rings (SSSR count). The maximum absolute atomic E-state index is 12.5. The number of aliphatic hydroxyl groups is 4. The molecular weight excluding hydrogens is 588 g/mol. The minimum atomic E-state index is -1.53. The van der Waals surface area contributed by atoms with E-state index >= 15 is 0 Å². The number of esters is 1. The van der Waals surface area contributed by atoms with Crippen LogP contribution in [0.15, 0.2) is 12.2 Å². The average Bonchev–Trinajstić information content (AvgIpc) is 3.05. The molecule has 0 aromatic heterocycles. The van der Waals surface area contributed by atoms with Crippen LogP contribution in [0.25, 0.3) is 0 Å². The number of rotatable bonds is 31. The predicted molar refractivity (Wildman–Crippen MR) is 182 cm³/mol. The molecule has 0 aromatic rings. The lowest BCUT2D eigenvalue weighted by Gasteiger charge is -2.39. The van der Waals surface area contributed by atoms with Gasteiger partial charge in [0.15, 0.2) is 6.29 Å². The van der Waals surface area contributed by atoms with E-state index < -0.39 is 43.4 Å². The fourth-order valence-corrected chi connectivity index (χ4v) is 5.66. The molecule has 0 bridgehead atoms. The van der Waals surface area contributed by atoms with Crippen LogP contribution >= 0.6 is 0 Å². The molecule has 1 fully saturated rings. The molecule has 6 unspecified atom stereocenters. The van der Waals surface area contributed by atoms with E-state index in [0.717, 1.165) is 32.1 Å². The Hall–Kier alpha value is -1.07. The first-order valence-corrected chi connectivity index (χ1v) is 18.8. The summed E-state index contributed by atoms with van der Waals surface area (Å²) in [6.45, 7) is 4.47. The lowest BCUT2D eigenvalue weighted by molar-refractivity contribution is -0.305. The Labute approximate surface area is 280 Å². The van der Waals surface area contributed by atoms with Crippen molar-refractivity contribution < 1.29 is 44.2 Å². The van der Waals surface area contributed by atoms with Crippen LogP contribution in [-0.2, 0) is 23.7 Å².